The maximum Gasteiger partial charge on any atom is 0.208 e. The van der Waals surface area contributed by atoms with Crippen molar-refractivity contribution in [3.05, 3.63) is 38.1 Å². The van der Waals surface area contributed by atoms with Crippen LogP contribution in [0.25, 0.3) is 11.0 Å². The smallest absolute Gasteiger partial charge is 0.208 e. The molecule has 2 rings (SSSR count). The highest BCUT2D eigenvalue weighted by Gasteiger charge is 2.07. The second kappa shape index (κ2) is 3.02. The molecule has 66 valence electrons. The molecule has 0 atom stereocenters. The fourth-order valence-corrected chi connectivity index (χ4v) is 1.54. The molecule has 0 spiro atoms. The van der Waals surface area contributed by atoms with E-state index < -0.39 is 0 Å². The van der Waals surface area contributed by atoms with Gasteiger partial charge in [-0.3, -0.25) is 4.79 Å². The maximum atomic E-state index is 11.6. The van der Waals surface area contributed by atoms with Crippen LogP contribution in [0.3, 0.4) is 0 Å². The zero-order valence-electron chi connectivity index (χ0n) is 6.58. The summed E-state index contributed by atoms with van der Waals surface area (Å²) in [5, 5.41) is 0.570. The molecule has 1 heterocycles. The van der Waals surface area contributed by atoms with Gasteiger partial charge in [0.15, 0.2) is 0 Å². The topological polar surface area (TPSA) is 56.2 Å². The number of para-hydroxylation sites is 1. The van der Waals surface area contributed by atoms with Crippen molar-refractivity contribution in [3.8, 4) is 0 Å². The number of nitrogen functional groups attached to an aromatic ring is 1. The fourth-order valence-electron chi connectivity index (χ4n) is 1.14. The number of anilines is 1. The molecular weight excluding hydrogens is 281 g/mol. The van der Waals surface area contributed by atoms with Crippen molar-refractivity contribution < 1.29 is 4.42 Å². The first-order chi connectivity index (χ1) is 6.20. The standard InChI is InChI=1S/C9H6INO2/c10-7-8(12)5-3-1-2-4-6(5)13-9(7)11/h1-4H,11H2. The number of benzene rings is 1. The molecule has 1 aromatic heterocycles. The Morgan fingerprint density at radius 3 is 2.77 bits per heavy atom. The molecule has 0 unspecified atom stereocenters. The summed E-state index contributed by atoms with van der Waals surface area (Å²) < 4.78 is 5.68. The summed E-state index contributed by atoms with van der Waals surface area (Å²) in [7, 11) is 0. The Morgan fingerprint density at radius 2 is 2.00 bits per heavy atom. The average molecular weight is 287 g/mol. The minimum atomic E-state index is -0.0695. The molecule has 0 aliphatic heterocycles. The second-order valence-corrected chi connectivity index (χ2v) is 3.68. The van der Waals surface area contributed by atoms with E-state index in [1.807, 2.05) is 22.6 Å². The van der Waals surface area contributed by atoms with E-state index in [0.717, 1.165) is 0 Å². The highest BCUT2D eigenvalue weighted by atomic mass is 127. The van der Waals surface area contributed by atoms with Crippen LogP contribution >= 0.6 is 22.6 Å². The Labute approximate surface area is 87.7 Å². The quantitative estimate of drug-likeness (QED) is 0.754. The highest BCUT2D eigenvalue weighted by molar-refractivity contribution is 14.1. The lowest BCUT2D eigenvalue weighted by molar-refractivity contribution is 0.621. The number of halogens is 1. The van der Waals surface area contributed by atoms with E-state index in [9.17, 15) is 4.79 Å². The fraction of sp³-hybridized carbons (Fsp3) is 0. The first-order valence-corrected chi connectivity index (χ1v) is 4.75. The van der Waals surface area contributed by atoms with Crippen molar-refractivity contribution in [1.82, 2.24) is 0 Å². The number of rotatable bonds is 0. The number of hydrogen-bond donors (Lipinski definition) is 1. The van der Waals surface area contributed by atoms with Gasteiger partial charge < -0.3 is 10.2 Å². The van der Waals surface area contributed by atoms with Crippen LogP contribution in [0.15, 0.2) is 33.5 Å². The first-order valence-electron chi connectivity index (χ1n) is 3.67. The Balaban J connectivity index is 3.03. The van der Waals surface area contributed by atoms with Gasteiger partial charge in [-0.25, -0.2) is 0 Å². The van der Waals surface area contributed by atoms with E-state index in [2.05, 4.69) is 0 Å². The molecule has 0 amide bonds. The van der Waals surface area contributed by atoms with Gasteiger partial charge in [0.25, 0.3) is 0 Å². The predicted molar refractivity (Wildman–Crippen MR) is 59.6 cm³/mol. The normalized spacial score (nSPS) is 10.5. The van der Waals surface area contributed by atoms with Crippen LogP contribution in [0.5, 0.6) is 0 Å². The molecule has 0 saturated carbocycles. The average Bonchev–Trinajstić information content (AvgIpc) is 2.15. The van der Waals surface area contributed by atoms with E-state index in [4.69, 9.17) is 10.2 Å². The van der Waals surface area contributed by atoms with Crippen molar-refractivity contribution in [3.63, 3.8) is 0 Å². The Hall–Kier alpha value is -1.04. The van der Waals surface area contributed by atoms with Gasteiger partial charge in [-0.15, -0.1) is 0 Å². The second-order valence-electron chi connectivity index (χ2n) is 2.61. The van der Waals surface area contributed by atoms with Crippen LogP contribution in [0.4, 0.5) is 5.88 Å². The molecule has 0 radical (unpaired) electrons. The van der Waals surface area contributed by atoms with Gasteiger partial charge in [-0.1, -0.05) is 12.1 Å². The molecule has 2 N–H and O–H groups in total. The van der Waals surface area contributed by atoms with E-state index in [0.29, 0.717) is 14.5 Å². The van der Waals surface area contributed by atoms with Gasteiger partial charge in [0, 0.05) is 0 Å². The molecule has 1 aromatic carbocycles. The summed E-state index contributed by atoms with van der Waals surface area (Å²) in [5.74, 6) is 0.185. The van der Waals surface area contributed by atoms with Crippen molar-refractivity contribution >= 4 is 39.4 Å². The van der Waals surface area contributed by atoms with Gasteiger partial charge >= 0.3 is 0 Å². The molecule has 0 bridgehead atoms. The van der Waals surface area contributed by atoms with Crippen LogP contribution in [-0.2, 0) is 0 Å². The molecule has 4 heteroatoms. The molecule has 13 heavy (non-hydrogen) atoms. The van der Waals surface area contributed by atoms with Crippen molar-refractivity contribution in [2.45, 2.75) is 0 Å². The lowest BCUT2D eigenvalue weighted by Crippen LogP contribution is -2.08. The van der Waals surface area contributed by atoms with Gasteiger partial charge in [0.2, 0.25) is 11.3 Å². The zero-order valence-corrected chi connectivity index (χ0v) is 8.74. The summed E-state index contributed by atoms with van der Waals surface area (Å²) in [6, 6.07) is 7.05. The van der Waals surface area contributed by atoms with E-state index in [-0.39, 0.29) is 11.3 Å². The third kappa shape index (κ3) is 1.31. The number of fused-ring (bicyclic) bond motifs is 1. The zero-order chi connectivity index (χ0) is 9.42. The van der Waals surface area contributed by atoms with Crippen molar-refractivity contribution in [2.75, 3.05) is 5.73 Å². The summed E-state index contributed by atoms with van der Waals surface area (Å²) in [5.41, 5.74) is 5.98. The minimum absolute atomic E-state index is 0.0695. The molecule has 0 fully saturated rings. The molecule has 3 nitrogen and oxygen atoms in total. The summed E-state index contributed by atoms with van der Waals surface area (Å²) >= 11 is 1.89. The third-order valence-corrected chi connectivity index (χ3v) is 2.79. The SMILES string of the molecule is Nc1oc2ccccc2c(=O)c1I. The molecule has 0 aliphatic carbocycles. The first kappa shape index (κ1) is 8.55. The highest BCUT2D eigenvalue weighted by Crippen LogP contribution is 2.17. The summed E-state index contributed by atoms with van der Waals surface area (Å²) in [6.45, 7) is 0. The van der Waals surface area contributed by atoms with Crippen LogP contribution in [0, 0.1) is 3.57 Å². The lowest BCUT2D eigenvalue weighted by atomic mass is 10.2. The monoisotopic (exact) mass is 287 g/mol. The molecular formula is C9H6INO2. The van der Waals surface area contributed by atoms with Gasteiger partial charge in [0.1, 0.15) is 9.15 Å². The molecule has 2 aromatic rings. The molecule has 0 saturated heterocycles. The summed E-state index contributed by atoms with van der Waals surface area (Å²) in [4.78, 5) is 11.6. The largest absolute Gasteiger partial charge is 0.440 e. The van der Waals surface area contributed by atoms with Crippen LogP contribution in [0.1, 0.15) is 0 Å². The van der Waals surface area contributed by atoms with E-state index in [1.54, 1.807) is 24.3 Å². The van der Waals surface area contributed by atoms with Crippen molar-refractivity contribution in [1.29, 1.82) is 0 Å². The van der Waals surface area contributed by atoms with Crippen LogP contribution in [0.2, 0.25) is 0 Å². The Bertz CT molecular complexity index is 518. The maximum absolute atomic E-state index is 11.6. The van der Waals surface area contributed by atoms with Crippen LogP contribution < -0.4 is 11.2 Å². The van der Waals surface area contributed by atoms with E-state index >= 15 is 0 Å². The number of nitrogens with two attached hydrogens (primary N) is 1. The van der Waals surface area contributed by atoms with Gasteiger partial charge in [-0.05, 0) is 34.7 Å². The van der Waals surface area contributed by atoms with Crippen molar-refractivity contribution in [2.24, 2.45) is 0 Å². The van der Waals surface area contributed by atoms with E-state index in [1.165, 1.54) is 0 Å². The molecule has 0 aliphatic rings. The third-order valence-electron chi connectivity index (χ3n) is 1.77. The Kier molecular flexibility index (Phi) is 1.99. The minimum Gasteiger partial charge on any atom is -0.440 e. The van der Waals surface area contributed by atoms with Crippen LogP contribution in [-0.4, -0.2) is 0 Å². The lowest BCUT2D eigenvalue weighted by Gasteiger charge is -1.99. The Morgan fingerprint density at radius 1 is 1.31 bits per heavy atom. The predicted octanol–water partition coefficient (Wildman–Crippen LogP) is 1.98. The summed E-state index contributed by atoms with van der Waals surface area (Å²) in [6.07, 6.45) is 0. The van der Waals surface area contributed by atoms with Gasteiger partial charge in [-0.2, -0.15) is 0 Å². The van der Waals surface area contributed by atoms with Gasteiger partial charge in [0.05, 0.1) is 5.39 Å². The number of hydrogen-bond acceptors (Lipinski definition) is 3.